The Balaban J connectivity index is 2.24. The number of hydrogen-bond acceptors (Lipinski definition) is 3. The summed E-state index contributed by atoms with van der Waals surface area (Å²) in [5.74, 6) is 0. The molecule has 2 rings (SSSR count). The van der Waals surface area contributed by atoms with Gasteiger partial charge in [-0.15, -0.1) is 0 Å². The first-order valence-electron chi connectivity index (χ1n) is 8.12. The normalized spacial score (nSPS) is 27.9. The molecule has 1 amide bonds. The zero-order valence-corrected chi connectivity index (χ0v) is 17.1. The molecule has 0 aliphatic carbocycles. The van der Waals surface area contributed by atoms with Gasteiger partial charge in [0.2, 0.25) is 0 Å². The summed E-state index contributed by atoms with van der Waals surface area (Å²) in [6.45, 7) is 9.40. The van der Waals surface area contributed by atoms with Gasteiger partial charge in [0.25, 0.3) is 0 Å². The molecule has 1 aliphatic rings. The molecule has 1 aromatic carbocycles. The standard InChI is InChI=1S/C18H25BrClNO3/c1-11-9-18(23,14-7-6-13(19)8-15(14)20)10-12(2)21(11)16(22)24-17(3,4)5/h6-8,11-12,23H,9-10H2,1-5H3. The second kappa shape index (κ2) is 6.85. The molecule has 0 spiro atoms. The Morgan fingerprint density at radius 3 is 2.33 bits per heavy atom. The first-order valence-corrected chi connectivity index (χ1v) is 9.29. The third kappa shape index (κ3) is 4.24. The minimum Gasteiger partial charge on any atom is -0.444 e. The zero-order valence-electron chi connectivity index (χ0n) is 14.8. The Kier molecular flexibility index (Phi) is 5.58. The number of rotatable bonds is 1. The van der Waals surface area contributed by atoms with Crippen LogP contribution in [-0.2, 0) is 10.3 Å². The van der Waals surface area contributed by atoms with Gasteiger partial charge < -0.3 is 14.7 Å². The molecule has 1 aromatic rings. The Bertz CT molecular complexity index is 617. The summed E-state index contributed by atoms with van der Waals surface area (Å²) in [6, 6.07) is 5.18. The van der Waals surface area contributed by atoms with Crippen LogP contribution in [0, 0.1) is 0 Å². The summed E-state index contributed by atoms with van der Waals surface area (Å²) in [7, 11) is 0. The van der Waals surface area contributed by atoms with Crippen LogP contribution in [0.1, 0.15) is 53.0 Å². The number of nitrogens with zero attached hydrogens (tertiary/aromatic N) is 1. The Morgan fingerprint density at radius 1 is 1.33 bits per heavy atom. The van der Waals surface area contributed by atoms with Crippen LogP contribution in [-0.4, -0.2) is 33.8 Å². The van der Waals surface area contributed by atoms with Gasteiger partial charge in [0, 0.05) is 40.0 Å². The predicted octanol–water partition coefficient (Wildman–Crippen LogP) is 5.10. The summed E-state index contributed by atoms with van der Waals surface area (Å²) < 4.78 is 6.37. The van der Waals surface area contributed by atoms with Crippen molar-refractivity contribution in [3.63, 3.8) is 0 Å². The molecule has 2 atom stereocenters. The van der Waals surface area contributed by atoms with Gasteiger partial charge in [-0.3, -0.25) is 0 Å². The van der Waals surface area contributed by atoms with E-state index in [1.54, 1.807) is 11.0 Å². The Morgan fingerprint density at radius 2 is 1.88 bits per heavy atom. The van der Waals surface area contributed by atoms with E-state index in [0.29, 0.717) is 23.4 Å². The van der Waals surface area contributed by atoms with Crippen LogP contribution in [0.25, 0.3) is 0 Å². The van der Waals surface area contributed by atoms with Gasteiger partial charge in [0.15, 0.2) is 0 Å². The van der Waals surface area contributed by atoms with E-state index in [9.17, 15) is 9.90 Å². The van der Waals surface area contributed by atoms with Crippen LogP contribution >= 0.6 is 27.5 Å². The van der Waals surface area contributed by atoms with Crippen molar-refractivity contribution in [2.24, 2.45) is 0 Å². The summed E-state index contributed by atoms with van der Waals surface area (Å²) in [5.41, 5.74) is -0.899. The van der Waals surface area contributed by atoms with Gasteiger partial charge in [-0.1, -0.05) is 33.6 Å². The van der Waals surface area contributed by atoms with E-state index in [1.807, 2.05) is 46.8 Å². The van der Waals surface area contributed by atoms with Gasteiger partial charge in [-0.05, 0) is 46.8 Å². The largest absolute Gasteiger partial charge is 0.444 e. The number of likely N-dealkylation sites (tertiary alicyclic amines) is 1. The quantitative estimate of drug-likeness (QED) is 0.690. The summed E-state index contributed by atoms with van der Waals surface area (Å²) in [5, 5.41) is 11.7. The lowest BCUT2D eigenvalue weighted by Crippen LogP contribution is -2.55. The fourth-order valence-electron chi connectivity index (χ4n) is 3.45. The van der Waals surface area contributed by atoms with Crippen LogP contribution < -0.4 is 0 Å². The van der Waals surface area contributed by atoms with E-state index in [-0.39, 0.29) is 18.2 Å². The van der Waals surface area contributed by atoms with E-state index in [4.69, 9.17) is 16.3 Å². The third-order valence-electron chi connectivity index (χ3n) is 4.25. The molecule has 0 radical (unpaired) electrons. The molecule has 0 saturated carbocycles. The molecule has 6 heteroatoms. The highest BCUT2D eigenvalue weighted by Crippen LogP contribution is 2.42. The lowest BCUT2D eigenvalue weighted by atomic mass is 9.78. The molecule has 1 N–H and O–H groups in total. The highest BCUT2D eigenvalue weighted by Gasteiger charge is 2.45. The number of ether oxygens (including phenoxy) is 1. The lowest BCUT2D eigenvalue weighted by Gasteiger charge is -2.47. The first kappa shape index (κ1) is 19.5. The summed E-state index contributed by atoms with van der Waals surface area (Å²) >= 11 is 9.72. The summed E-state index contributed by atoms with van der Waals surface area (Å²) in [4.78, 5) is 14.2. The van der Waals surface area contributed by atoms with E-state index in [1.165, 1.54) is 0 Å². The first-order chi connectivity index (χ1) is 10.9. The molecule has 24 heavy (non-hydrogen) atoms. The predicted molar refractivity (Wildman–Crippen MR) is 99.3 cm³/mol. The number of piperidine rings is 1. The number of benzene rings is 1. The maximum absolute atomic E-state index is 12.5. The van der Waals surface area contributed by atoms with E-state index in [0.717, 1.165) is 4.47 Å². The van der Waals surface area contributed by atoms with Gasteiger partial charge in [0.1, 0.15) is 5.60 Å². The Labute approximate surface area is 157 Å². The molecule has 0 aromatic heterocycles. The second-order valence-corrected chi connectivity index (χ2v) is 8.97. The summed E-state index contributed by atoms with van der Waals surface area (Å²) in [6.07, 6.45) is 0.488. The number of halogens is 2. The molecule has 0 bridgehead atoms. The highest BCUT2D eigenvalue weighted by atomic mass is 79.9. The highest BCUT2D eigenvalue weighted by molar-refractivity contribution is 9.10. The van der Waals surface area contributed by atoms with Crippen molar-refractivity contribution in [1.29, 1.82) is 0 Å². The topological polar surface area (TPSA) is 49.8 Å². The molecule has 1 fully saturated rings. The van der Waals surface area contributed by atoms with Crippen LogP contribution in [0.4, 0.5) is 4.79 Å². The van der Waals surface area contributed by atoms with Crippen LogP contribution in [0.15, 0.2) is 22.7 Å². The van der Waals surface area contributed by atoms with Gasteiger partial charge in [0.05, 0.1) is 5.60 Å². The molecular weight excluding hydrogens is 394 g/mol. The second-order valence-electron chi connectivity index (χ2n) is 7.65. The van der Waals surface area contributed by atoms with Gasteiger partial charge >= 0.3 is 6.09 Å². The minimum atomic E-state index is -1.06. The molecule has 2 unspecified atom stereocenters. The average molecular weight is 419 g/mol. The van der Waals surface area contributed by atoms with Crippen molar-refractivity contribution >= 4 is 33.6 Å². The third-order valence-corrected chi connectivity index (χ3v) is 5.06. The fraction of sp³-hybridized carbons (Fsp3) is 0.611. The van der Waals surface area contributed by atoms with E-state index < -0.39 is 11.2 Å². The number of amides is 1. The minimum absolute atomic E-state index is 0.159. The molecule has 1 heterocycles. The van der Waals surface area contributed by atoms with Crippen molar-refractivity contribution in [2.75, 3.05) is 0 Å². The van der Waals surface area contributed by atoms with Crippen molar-refractivity contribution < 1.29 is 14.6 Å². The molecule has 134 valence electrons. The van der Waals surface area contributed by atoms with Crippen LogP contribution in [0.3, 0.4) is 0 Å². The van der Waals surface area contributed by atoms with E-state index in [2.05, 4.69) is 15.9 Å². The molecule has 1 saturated heterocycles. The van der Waals surface area contributed by atoms with Gasteiger partial charge in [-0.25, -0.2) is 4.79 Å². The van der Waals surface area contributed by atoms with Crippen molar-refractivity contribution in [1.82, 2.24) is 4.90 Å². The fourth-order valence-corrected chi connectivity index (χ4v) is 4.30. The molecular formula is C18H25BrClNO3. The van der Waals surface area contributed by atoms with Crippen molar-refractivity contribution in [3.8, 4) is 0 Å². The molecule has 4 nitrogen and oxygen atoms in total. The number of carbonyl (C=O) groups is 1. The monoisotopic (exact) mass is 417 g/mol. The van der Waals surface area contributed by atoms with Crippen molar-refractivity contribution in [2.45, 2.75) is 70.7 Å². The van der Waals surface area contributed by atoms with E-state index >= 15 is 0 Å². The smallest absolute Gasteiger partial charge is 0.410 e. The maximum Gasteiger partial charge on any atom is 0.410 e. The number of aliphatic hydroxyl groups is 1. The van der Waals surface area contributed by atoms with Crippen LogP contribution in [0.2, 0.25) is 5.02 Å². The molecule has 1 aliphatic heterocycles. The average Bonchev–Trinajstić information content (AvgIpc) is 2.34. The van der Waals surface area contributed by atoms with Gasteiger partial charge in [-0.2, -0.15) is 0 Å². The van der Waals surface area contributed by atoms with Crippen LogP contribution in [0.5, 0.6) is 0 Å². The lowest BCUT2D eigenvalue weighted by molar-refractivity contribution is -0.0746. The Hall–Kier alpha value is -0.780. The van der Waals surface area contributed by atoms with Crippen molar-refractivity contribution in [3.05, 3.63) is 33.3 Å². The SMILES string of the molecule is CC1CC(O)(c2ccc(Br)cc2Cl)CC(C)N1C(=O)OC(C)(C)C. The zero-order chi connectivity index (χ0) is 18.3. The number of hydrogen-bond donors (Lipinski definition) is 1. The number of carbonyl (C=O) groups excluding carboxylic acids is 1. The maximum atomic E-state index is 12.5.